The van der Waals surface area contributed by atoms with Crippen LogP contribution >= 0.6 is 0 Å². The largest absolute Gasteiger partial charge is 0.472 e. The molecule has 5 heteroatoms. The summed E-state index contributed by atoms with van der Waals surface area (Å²) in [7, 11) is 1.41. The smallest absolute Gasteiger partial charge is 0.409 e. The molecule has 0 aromatic carbocycles. The molecule has 5 nitrogen and oxygen atoms in total. The van der Waals surface area contributed by atoms with Crippen molar-refractivity contribution in [2.45, 2.75) is 19.0 Å². The highest BCUT2D eigenvalue weighted by molar-refractivity contribution is 5.67. The number of nitrogens with one attached hydrogen (secondary N) is 1. The number of amides is 1. The first-order valence-electron chi connectivity index (χ1n) is 5.37. The Kier molecular flexibility index (Phi) is 3.46. The van der Waals surface area contributed by atoms with E-state index in [1.54, 1.807) is 17.4 Å². The fourth-order valence-electron chi connectivity index (χ4n) is 1.88. The second-order valence-corrected chi connectivity index (χ2v) is 3.91. The van der Waals surface area contributed by atoms with Gasteiger partial charge in [-0.1, -0.05) is 0 Å². The van der Waals surface area contributed by atoms with Crippen LogP contribution in [-0.4, -0.2) is 37.2 Å². The van der Waals surface area contributed by atoms with Crippen molar-refractivity contribution in [3.63, 3.8) is 0 Å². The molecule has 0 spiro atoms. The van der Waals surface area contributed by atoms with Gasteiger partial charge in [0.1, 0.15) is 0 Å². The predicted octanol–water partition coefficient (Wildman–Crippen LogP) is 1.21. The van der Waals surface area contributed by atoms with Gasteiger partial charge in [-0.25, -0.2) is 4.79 Å². The minimum atomic E-state index is -0.243. The van der Waals surface area contributed by atoms with Crippen LogP contribution in [0.25, 0.3) is 0 Å². The predicted molar refractivity (Wildman–Crippen MR) is 57.9 cm³/mol. The Labute approximate surface area is 94.4 Å². The number of nitrogens with zero attached hydrogens (tertiary/aromatic N) is 1. The zero-order valence-corrected chi connectivity index (χ0v) is 9.31. The topological polar surface area (TPSA) is 54.7 Å². The Morgan fingerprint density at radius 3 is 3.31 bits per heavy atom. The van der Waals surface area contributed by atoms with Crippen LogP contribution in [0.15, 0.2) is 23.0 Å². The van der Waals surface area contributed by atoms with Gasteiger partial charge >= 0.3 is 6.09 Å². The maximum atomic E-state index is 11.3. The SMILES string of the molecule is COC(=O)N1CCC(NCc2ccoc2)C1. The van der Waals surface area contributed by atoms with Gasteiger partial charge in [-0.3, -0.25) is 0 Å². The number of hydrogen-bond donors (Lipinski definition) is 1. The van der Waals surface area contributed by atoms with Crippen molar-refractivity contribution in [2.24, 2.45) is 0 Å². The standard InChI is InChI=1S/C11H16N2O3/c1-15-11(14)13-4-2-10(7-13)12-6-9-3-5-16-8-9/h3,5,8,10,12H,2,4,6-7H2,1H3. The van der Waals surface area contributed by atoms with Crippen molar-refractivity contribution < 1.29 is 13.9 Å². The van der Waals surface area contributed by atoms with Crippen molar-refractivity contribution in [1.29, 1.82) is 0 Å². The summed E-state index contributed by atoms with van der Waals surface area (Å²) < 4.78 is 9.66. The molecular weight excluding hydrogens is 208 g/mol. The minimum Gasteiger partial charge on any atom is -0.472 e. The molecule has 1 atom stereocenters. The Bertz CT molecular complexity index is 337. The van der Waals surface area contributed by atoms with E-state index >= 15 is 0 Å². The van der Waals surface area contributed by atoms with Gasteiger partial charge in [0.15, 0.2) is 0 Å². The molecule has 1 aliphatic heterocycles. The van der Waals surface area contributed by atoms with Gasteiger partial charge in [0, 0.05) is 31.2 Å². The van der Waals surface area contributed by atoms with Crippen molar-refractivity contribution >= 4 is 6.09 Å². The number of likely N-dealkylation sites (tertiary alicyclic amines) is 1. The van der Waals surface area contributed by atoms with Crippen LogP contribution in [0.1, 0.15) is 12.0 Å². The van der Waals surface area contributed by atoms with Gasteiger partial charge in [-0.2, -0.15) is 0 Å². The van der Waals surface area contributed by atoms with Crippen LogP contribution in [-0.2, 0) is 11.3 Å². The fourth-order valence-corrected chi connectivity index (χ4v) is 1.88. The number of carbonyl (C=O) groups excluding carboxylic acids is 1. The van der Waals surface area contributed by atoms with E-state index < -0.39 is 0 Å². The molecule has 0 bridgehead atoms. The highest BCUT2D eigenvalue weighted by atomic mass is 16.5. The van der Waals surface area contributed by atoms with Gasteiger partial charge in [0.05, 0.1) is 19.6 Å². The highest BCUT2D eigenvalue weighted by Gasteiger charge is 2.26. The molecule has 2 heterocycles. The summed E-state index contributed by atoms with van der Waals surface area (Å²) in [5, 5.41) is 3.38. The average Bonchev–Trinajstić information content (AvgIpc) is 2.96. The maximum absolute atomic E-state index is 11.3. The molecule has 2 rings (SSSR count). The van der Waals surface area contributed by atoms with E-state index in [2.05, 4.69) is 10.1 Å². The molecule has 88 valence electrons. The van der Waals surface area contributed by atoms with Gasteiger partial charge in [0.2, 0.25) is 0 Å². The van der Waals surface area contributed by atoms with Gasteiger partial charge in [-0.05, 0) is 12.5 Å². The molecule has 1 aromatic heterocycles. The first-order valence-corrected chi connectivity index (χ1v) is 5.37. The molecule has 16 heavy (non-hydrogen) atoms. The van der Waals surface area contributed by atoms with Crippen molar-refractivity contribution in [1.82, 2.24) is 10.2 Å². The normalized spacial score (nSPS) is 20.1. The molecule has 1 aliphatic rings. The quantitative estimate of drug-likeness (QED) is 0.838. The molecule has 1 N–H and O–H groups in total. The molecule has 0 radical (unpaired) electrons. The lowest BCUT2D eigenvalue weighted by Gasteiger charge is -2.15. The zero-order chi connectivity index (χ0) is 11.4. The molecule has 1 aromatic rings. The second-order valence-electron chi connectivity index (χ2n) is 3.91. The molecule has 0 saturated carbocycles. The first-order chi connectivity index (χ1) is 7.79. The second kappa shape index (κ2) is 5.03. The lowest BCUT2D eigenvalue weighted by molar-refractivity contribution is 0.132. The number of rotatable bonds is 3. The monoisotopic (exact) mass is 224 g/mol. The number of methoxy groups -OCH3 is 1. The number of ether oxygens (including phenoxy) is 1. The van der Waals surface area contributed by atoms with E-state index in [1.807, 2.05) is 6.07 Å². The summed E-state index contributed by atoms with van der Waals surface area (Å²) in [6.07, 6.45) is 4.10. The first kappa shape index (κ1) is 11.0. The third-order valence-corrected chi connectivity index (χ3v) is 2.80. The van der Waals surface area contributed by atoms with E-state index in [-0.39, 0.29) is 6.09 Å². The third kappa shape index (κ3) is 2.55. The van der Waals surface area contributed by atoms with Gasteiger partial charge in [0.25, 0.3) is 0 Å². The lowest BCUT2D eigenvalue weighted by atomic mass is 10.2. The number of hydrogen-bond acceptors (Lipinski definition) is 4. The summed E-state index contributed by atoms with van der Waals surface area (Å²) in [5.74, 6) is 0. The van der Waals surface area contributed by atoms with E-state index in [1.165, 1.54) is 7.11 Å². The molecule has 1 unspecified atom stereocenters. The van der Waals surface area contributed by atoms with Crippen LogP contribution in [0.3, 0.4) is 0 Å². The number of furan rings is 1. The lowest BCUT2D eigenvalue weighted by Crippen LogP contribution is -2.34. The van der Waals surface area contributed by atoms with E-state index in [4.69, 9.17) is 4.42 Å². The van der Waals surface area contributed by atoms with Crippen LogP contribution in [0, 0.1) is 0 Å². The van der Waals surface area contributed by atoms with Gasteiger partial charge in [-0.15, -0.1) is 0 Å². The van der Waals surface area contributed by atoms with Crippen LogP contribution in [0.2, 0.25) is 0 Å². The Balaban J connectivity index is 1.75. The molecule has 1 amide bonds. The summed E-state index contributed by atoms with van der Waals surface area (Å²) in [6, 6.07) is 2.27. The van der Waals surface area contributed by atoms with Crippen LogP contribution < -0.4 is 5.32 Å². The van der Waals surface area contributed by atoms with E-state index in [0.717, 1.165) is 25.1 Å². The Hall–Kier alpha value is -1.49. The average molecular weight is 224 g/mol. The highest BCUT2D eigenvalue weighted by Crippen LogP contribution is 2.11. The van der Waals surface area contributed by atoms with Crippen LogP contribution in [0.5, 0.6) is 0 Å². The molecule has 0 aliphatic carbocycles. The fraction of sp³-hybridized carbons (Fsp3) is 0.545. The van der Waals surface area contributed by atoms with Crippen molar-refractivity contribution in [3.05, 3.63) is 24.2 Å². The third-order valence-electron chi connectivity index (χ3n) is 2.80. The van der Waals surface area contributed by atoms with E-state index in [0.29, 0.717) is 12.6 Å². The Morgan fingerprint density at radius 2 is 2.62 bits per heavy atom. The van der Waals surface area contributed by atoms with E-state index in [9.17, 15) is 4.79 Å². The van der Waals surface area contributed by atoms with Gasteiger partial charge < -0.3 is 19.4 Å². The maximum Gasteiger partial charge on any atom is 0.409 e. The summed E-state index contributed by atoms with van der Waals surface area (Å²) in [4.78, 5) is 13.0. The zero-order valence-electron chi connectivity index (χ0n) is 9.31. The summed E-state index contributed by atoms with van der Waals surface area (Å²) in [5.41, 5.74) is 1.12. The molecule has 1 fully saturated rings. The summed E-state index contributed by atoms with van der Waals surface area (Å²) in [6.45, 7) is 2.25. The minimum absolute atomic E-state index is 0.243. The molecule has 1 saturated heterocycles. The molecular formula is C11H16N2O3. The van der Waals surface area contributed by atoms with Crippen LogP contribution in [0.4, 0.5) is 4.79 Å². The van der Waals surface area contributed by atoms with Crippen molar-refractivity contribution in [3.8, 4) is 0 Å². The Morgan fingerprint density at radius 1 is 1.75 bits per heavy atom. The number of carbonyl (C=O) groups is 1. The van der Waals surface area contributed by atoms with Crippen molar-refractivity contribution in [2.75, 3.05) is 20.2 Å². The summed E-state index contributed by atoms with van der Waals surface area (Å²) >= 11 is 0.